The fourth-order valence-electron chi connectivity index (χ4n) is 6.01. The van der Waals surface area contributed by atoms with Gasteiger partial charge in [-0.3, -0.25) is 0 Å². The predicted octanol–water partition coefficient (Wildman–Crippen LogP) is 8.10. The molecular formula is C30H22N2S. The number of hydrogen-bond acceptors (Lipinski definition) is 2. The van der Waals surface area contributed by atoms with Gasteiger partial charge in [0.15, 0.2) is 0 Å². The Hall–Kier alpha value is -3.43. The molecule has 0 amide bonds. The smallest absolute Gasteiger partial charge is 0.141 e. The molecule has 0 saturated heterocycles. The van der Waals surface area contributed by atoms with E-state index in [-0.39, 0.29) is 5.54 Å². The Morgan fingerprint density at radius 3 is 2.33 bits per heavy atom. The number of benzene rings is 4. The summed E-state index contributed by atoms with van der Waals surface area (Å²) in [5, 5.41) is 2.70. The second-order valence-corrected chi connectivity index (χ2v) is 10.8. The Labute approximate surface area is 196 Å². The topological polar surface area (TPSA) is 17.8 Å². The molecule has 2 unspecified atom stereocenters. The molecule has 3 heteroatoms. The molecule has 2 nitrogen and oxygen atoms in total. The van der Waals surface area contributed by atoms with Crippen LogP contribution in [0.15, 0.2) is 91.0 Å². The first kappa shape index (κ1) is 18.0. The monoisotopic (exact) mass is 442 g/mol. The van der Waals surface area contributed by atoms with Gasteiger partial charge in [0.2, 0.25) is 0 Å². The van der Waals surface area contributed by atoms with Gasteiger partial charge in [0.1, 0.15) is 5.82 Å². The van der Waals surface area contributed by atoms with Gasteiger partial charge in [0.25, 0.3) is 0 Å². The van der Waals surface area contributed by atoms with Crippen LogP contribution in [0.5, 0.6) is 0 Å². The Kier molecular flexibility index (Phi) is 3.35. The van der Waals surface area contributed by atoms with Gasteiger partial charge in [0, 0.05) is 25.7 Å². The largest absolute Gasteiger partial charge is 0.317 e. The van der Waals surface area contributed by atoms with E-state index in [0.29, 0.717) is 0 Å². The Balaban J connectivity index is 1.27. The summed E-state index contributed by atoms with van der Waals surface area (Å²) in [7, 11) is 0. The summed E-state index contributed by atoms with van der Waals surface area (Å²) >= 11 is 1.89. The fourth-order valence-corrected chi connectivity index (χ4v) is 7.24. The van der Waals surface area contributed by atoms with Crippen molar-refractivity contribution in [1.82, 2.24) is 9.55 Å². The van der Waals surface area contributed by atoms with Crippen LogP contribution < -0.4 is 0 Å². The Morgan fingerprint density at radius 1 is 0.788 bits per heavy atom. The van der Waals surface area contributed by atoms with Crippen molar-refractivity contribution in [3.05, 3.63) is 91.0 Å². The first-order valence-corrected chi connectivity index (χ1v) is 12.5. The molecule has 2 aliphatic carbocycles. The minimum absolute atomic E-state index is 0.243. The van der Waals surface area contributed by atoms with Gasteiger partial charge in [-0.25, -0.2) is 4.98 Å². The van der Waals surface area contributed by atoms with Gasteiger partial charge < -0.3 is 4.57 Å². The molecule has 0 radical (unpaired) electrons. The van der Waals surface area contributed by atoms with Gasteiger partial charge in [-0.15, -0.1) is 11.3 Å². The maximum atomic E-state index is 5.09. The van der Waals surface area contributed by atoms with Crippen LogP contribution in [-0.2, 0) is 5.54 Å². The highest BCUT2D eigenvalue weighted by atomic mass is 32.1. The van der Waals surface area contributed by atoms with Crippen molar-refractivity contribution in [3.63, 3.8) is 0 Å². The molecule has 2 aromatic heterocycles. The molecule has 158 valence electrons. The van der Waals surface area contributed by atoms with Crippen molar-refractivity contribution in [1.29, 1.82) is 0 Å². The van der Waals surface area contributed by atoms with Crippen molar-refractivity contribution >= 4 is 42.5 Å². The zero-order valence-electron chi connectivity index (χ0n) is 18.3. The van der Waals surface area contributed by atoms with Crippen molar-refractivity contribution in [2.75, 3.05) is 0 Å². The normalized spacial score (nSPS) is 23.3. The number of thiophene rings is 1. The highest BCUT2D eigenvalue weighted by Crippen LogP contribution is 2.76. The summed E-state index contributed by atoms with van der Waals surface area (Å²) in [5.74, 6) is 2.77. The summed E-state index contributed by atoms with van der Waals surface area (Å²) in [6.07, 6.45) is 1.38. The van der Waals surface area contributed by atoms with E-state index in [0.717, 1.165) is 23.2 Å². The lowest BCUT2D eigenvalue weighted by Gasteiger charge is -2.23. The van der Waals surface area contributed by atoms with Gasteiger partial charge in [-0.1, -0.05) is 72.8 Å². The quantitative estimate of drug-likeness (QED) is 0.271. The second-order valence-electron chi connectivity index (χ2n) is 9.79. The van der Waals surface area contributed by atoms with Crippen LogP contribution in [0.25, 0.3) is 53.7 Å². The van der Waals surface area contributed by atoms with Crippen LogP contribution >= 0.6 is 11.3 Å². The first-order chi connectivity index (χ1) is 16.2. The molecule has 2 fully saturated rings. The maximum absolute atomic E-state index is 5.09. The first-order valence-electron chi connectivity index (χ1n) is 11.7. The van der Waals surface area contributed by atoms with Gasteiger partial charge in [-0.05, 0) is 54.5 Å². The van der Waals surface area contributed by atoms with Crippen molar-refractivity contribution in [2.24, 2.45) is 11.8 Å². The average Bonchev–Trinajstić information content (AvgIpc) is 3.69. The molecular weight excluding hydrogens is 420 g/mol. The lowest BCUT2D eigenvalue weighted by Crippen LogP contribution is -2.22. The van der Waals surface area contributed by atoms with E-state index in [1.54, 1.807) is 0 Å². The number of aromatic nitrogens is 2. The lowest BCUT2D eigenvalue weighted by atomic mass is 10.0. The van der Waals surface area contributed by atoms with Crippen LogP contribution in [-0.4, -0.2) is 9.55 Å². The molecule has 0 spiro atoms. The predicted molar refractivity (Wildman–Crippen MR) is 139 cm³/mol. The zero-order valence-corrected chi connectivity index (χ0v) is 19.1. The van der Waals surface area contributed by atoms with E-state index in [1.165, 1.54) is 48.8 Å². The lowest BCUT2D eigenvalue weighted by molar-refractivity contribution is 0.408. The maximum Gasteiger partial charge on any atom is 0.141 e. The highest BCUT2D eigenvalue weighted by molar-refractivity contribution is 7.26. The van der Waals surface area contributed by atoms with Gasteiger partial charge in [0.05, 0.1) is 16.6 Å². The van der Waals surface area contributed by atoms with E-state index in [1.807, 2.05) is 11.3 Å². The Bertz CT molecular complexity index is 1710. The minimum Gasteiger partial charge on any atom is -0.317 e. The van der Waals surface area contributed by atoms with Crippen LogP contribution in [0.4, 0.5) is 0 Å². The molecule has 4 aromatic carbocycles. The zero-order chi connectivity index (χ0) is 21.7. The molecule has 8 rings (SSSR count). The number of nitrogens with zero attached hydrogens (tertiary/aromatic N) is 2. The van der Waals surface area contributed by atoms with E-state index in [4.69, 9.17) is 4.98 Å². The van der Waals surface area contributed by atoms with E-state index in [2.05, 4.69) is 102 Å². The van der Waals surface area contributed by atoms with Gasteiger partial charge in [-0.2, -0.15) is 0 Å². The molecule has 2 heterocycles. The van der Waals surface area contributed by atoms with Gasteiger partial charge >= 0.3 is 0 Å². The minimum atomic E-state index is 0.243. The second kappa shape index (κ2) is 6.12. The van der Waals surface area contributed by atoms with Crippen LogP contribution in [0.2, 0.25) is 0 Å². The number of imidazole rings is 1. The van der Waals surface area contributed by atoms with E-state index < -0.39 is 0 Å². The fraction of sp³-hybridized carbons (Fsp3) is 0.167. The third-order valence-corrected chi connectivity index (χ3v) is 9.30. The third-order valence-electron chi connectivity index (χ3n) is 8.08. The summed E-state index contributed by atoms with van der Waals surface area (Å²) in [6, 6.07) is 33.1. The van der Waals surface area contributed by atoms with Crippen LogP contribution in [0.3, 0.4) is 0 Å². The molecule has 2 aliphatic rings. The number of para-hydroxylation sites is 2. The van der Waals surface area contributed by atoms with E-state index >= 15 is 0 Å². The molecule has 2 saturated carbocycles. The van der Waals surface area contributed by atoms with E-state index in [9.17, 15) is 0 Å². The van der Waals surface area contributed by atoms with Crippen LogP contribution in [0.1, 0.15) is 13.3 Å². The third kappa shape index (κ3) is 2.35. The highest BCUT2D eigenvalue weighted by Gasteiger charge is 2.75. The summed E-state index contributed by atoms with van der Waals surface area (Å²) < 4.78 is 5.24. The molecule has 0 aliphatic heterocycles. The standard InChI is InChI=1S/C30H22N2S/c1-30(23-17-24(23)30)32-26-11-4-3-10-25(26)31-29(32)19-15-13-18(14-16-19)20-8-6-9-22-21-7-2-5-12-27(21)33-28(20)22/h2-16,23-24H,17H2,1H3. The van der Waals surface area contributed by atoms with Crippen LogP contribution in [0, 0.1) is 11.8 Å². The molecule has 0 N–H and O–H groups in total. The molecule has 6 aromatic rings. The number of hydrogen-bond donors (Lipinski definition) is 0. The number of fused-ring (bicyclic) bond motifs is 5. The molecule has 2 atom stereocenters. The van der Waals surface area contributed by atoms with Crippen molar-refractivity contribution in [2.45, 2.75) is 18.9 Å². The average molecular weight is 443 g/mol. The summed E-state index contributed by atoms with van der Waals surface area (Å²) in [4.78, 5) is 5.09. The Morgan fingerprint density at radius 2 is 1.52 bits per heavy atom. The van der Waals surface area contributed by atoms with Crippen molar-refractivity contribution < 1.29 is 0 Å². The summed E-state index contributed by atoms with van der Waals surface area (Å²) in [5.41, 5.74) is 6.38. The molecule has 33 heavy (non-hydrogen) atoms. The molecule has 0 bridgehead atoms. The number of rotatable bonds is 3. The SMILES string of the molecule is CC1(n2c(-c3ccc(-c4cccc5c4sc4ccccc45)cc3)nc3ccccc32)C2CC21. The van der Waals surface area contributed by atoms with Crippen molar-refractivity contribution in [3.8, 4) is 22.5 Å². The summed E-state index contributed by atoms with van der Waals surface area (Å²) in [6.45, 7) is 2.42.